The second-order valence-electron chi connectivity index (χ2n) is 4.09. The third-order valence-corrected chi connectivity index (χ3v) is 3.00. The van der Waals surface area contributed by atoms with Crippen molar-refractivity contribution >= 4 is 0 Å². The Hall–Kier alpha value is -1.67. The van der Waals surface area contributed by atoms with Gasteiger partial charge in [-0.2, -0.15) is 0 Å². The molecular formula is C14H13NO. The third kappa shape index (κ3) is 1.51. The Kier molecular flexibility index (Phi) is 2.22. The highest BCUT2D eigenvalue weighted by Gasteiger charge is 2.16. The molecule has 80 valence electrons. The Morgan fingerprint density at radius 3 is 2.75 bits per heavy atom. The van der Waals surface area contributed by atoms with Crippen molar-refractivity contribution in [2.24, 2.45) is 0 Å². The van der Waals surface area contributed by atoms with Gasteiger partial charge in [-0.1, -0.05) is 30.3 Å². The highest BCUT2D eigenvalue weighted by atomic mass is 16.5. The van der Waals surface area contributed by atoms with Gasteiger partial charge in [0, 0.05) is 16.8 Å². The minimum atomic E-state index is 0.712. The minimum absolute atomic E-state index is 0.712. The minimum Gasteiger partial charge on any atom is -0.372 e. The highest BCUT2D eigenvalue weighted by molar-refractivity contribution is 5.61. The lowest BCUT2D eigenvalue weighted by Crippen LogP contribution is -1.94. The fraction of sp³-hybridized carbons (Fsp3) is 0.214. The van der Waals surface area contributed by atoms with Crippen LogP contribution in [0.4, 0.5) is 0 Å². The Balaban J connectivity index is 2.13. The van der Waals surface area contributed by atoms with E-state index in [1.54, 1.807) is 0 Å². The first kappa shape index (κ1) is 9.55. The number of nitrogens with zero attached hydrogens (tertiary/aromatic N) is 1. The van der Waals surface area contributed by atoms with Crippen LogP contribution in [-0.2, 0) is 18.0 Å². The zero-order chi connectivity index (χ0) is 11.0. The van der Waals surface area contributed by atoms with Crippen molar-refractivity contribution in [1.29, 1.82) is 0 Å². The summed E-state index contributed by atoms with van der Waals surface area (Å²) in [6.45, 7) is 3.49. The van der Waals surface area contributed by atoms with Crippen molar-refractivity contribution in [1.82, 2.24) is 4.98 Å². The molecule has 0 saturated carbocycles. The van der Waals surface area contributed by atoms with Crippen LogP contribution in [0.25, 0.3) is 11.3 Å². The summed E-state index contributed by atoms with van der Waals surface area (Å²) < 4.78 is 5.45. The van der Waals surface area contributed by atoms with Crippen LogP contribution in [0.15, 0.2) is 36.4 Å². The van der Waals surface area contributed by atoms with Gasteiger partial charge in [0.15, 0.2) is 0 Å². The molecule has 2 nitrogen and oxygen atoms in total. The predicted molar refractivity (Wildman–Crippen MR) is 62.9 cm³/mol. The molecule has 0 spiro atoms. The van der Waals surface area contributed by atoms with E-state index in [1.165, 1.54) is 16.7 Å². The molecule has 0 unspecified atom stereocenters. The van der Waals surface area contributed by atoms with Gasteiger partial charge in [-0.25, -0.2) is 0 Å². The summed E-state index contributed by atoms with van der Waals surface area (Å²) in [5.41, 5.74) is 5.85. The molecule has 0 saturated heterocycles. The summed E-state index contributed by atoms with van der Waals surface area (Å²) in [6.07, 6.45) is 0. The van der Waals surface area contributed by atoms with Crippen LogP contribution in [-0.4, -0.2) is 4.98 Å². The van der Waals surface area contributed by atoms with Gasteiger partial charge < -0.3 is 4.74 Å². The molecule has 2 heterocycles. The number of rotatable bonds is 1. The molecule has 0 atom stereocenters. The van der Waals surface area contributed by atoms with Crippen LogP contribution in [0.5, 0.6) is 0 Å². The van der Waals surface area contributed by atoms with Crippen LogP contribution in [0.2, 0.25) is 0 Å². The SMILES string of the molecule is Cc1nc(-c2ccccc2)cc2c1COC2. The molecular weight excluding hydrogens is 198 g/mol. The Labute approximate surface area is 94.9 Å². The monoisotopic (exact) mass is 211 g/mol. The van der Waals surface area contributed by atoms with Crippen LogP contribution < -0.4 is 0 Å². The predicted octanol–water partition coefficient (Wildman–Crippen LogP) is 3.09. The van der Waals surface area contributed by atoms with Gasteiger partial charge in [0.1, 0.15) is 0 Å². The standard InChI is InChI=1S/C14H13NO/c1-10-13-9-16-8-12(13)7-14(15-10)11-5-3-2-4-6-11/h2-7H,8-9H2,1H3. The zero-order valence-electron chi connectivity index (χ0n) is 9.23. The molecule has 3 rings (SSSR count). The number of aromatic nitrogens is 1. The first-order valence-electron chi connectivity index (χ1n) is 5.47. The Morgan fingerprint density at radius 1 is 1.12 bits per heavy atom. The smallest absolute Gasteiger partial charge is 0.0742 e. The molecule has 2 heteroatoms. The lowest BCUT2D eigenvalue weighted by Gasteiger charge is -2.06. The number of hydrogen-bond donors (Lipinski definition) is 0. The third-order valence-electron chi connectivity index (χ3n) is 3.00. The fourth-order valence-electron chi connectivity index (χ4n) is 2.11. The fourth-order valence-corrected chi connectivity index (χ4v) is 2.11. The molecule has 0 aliphatic carbocycles. The second-order valence-corrected chi connectivity index (χ2v) is 4.09. The second kappa shape index (κ2) is 3.72. The topological polar surface area (TPSA) is 22.1 Å². The molecule has 1 aliphatic heterocycles. The highest BCUT2D eigenvalue weighted by Crippen LogP contribution is 2.27. The van der Waals surface area contributed by atoms with Crippen molar-refractivity contribution in [2.45, 2.75) is 20.1 Å². The van der Waals surface area contributed by atoms with E-state index in [-0.39, 0.29) is 0 Å². The summed E-state index contributed by atoms with van der Waals surface area (Å²) in [6, 6.07) is 12.4. The lowest BCUT2D eigenvalue weighted by molar-refractivity contribution is 0.134. The Morgan fingerprint density at radius 2 is 1.94 bits per heavy atom. The largest absolute Gasteiger partial charge is 0.372 e. The Bertz CT molecular complexity index is 520. The van der Waals surface area contributed by atoms with Gasteiger partial charge in [-0.15, -0.1) is 0 Å². The summed E-state index contributed by atoms with van der Waals surface area (Å²) in [5, 5.41) is 0. The molecule has 1 aromatic carbocycles. The quantitative estimate of drug-likeness (QED) is 0.723. The maximum atomic E-state index is 5.45. The van der Waals surface area contributed by atoms with E-state index in [2.05, 4.69) is 30.1 Å². The van der Waals surface area contributed by atoms with Crippen molar-refractivity contribution in [3.63, 3.8) is 0 Å². The molecule has 0 amide bonds. The van der Waals surface area contributed by atoms with Gasteiger partial charge in [-0.3, -0.25) is 4.98 Å². The maximum absolute atomic E-state index is 5.45. The lowest BCUT2D eigenvalue weighted by atomic mass is 10.0. The van der Waals surface area contributed by atoms with E-state index in [1.807, 2.05) is 18.2 Å². The molecule has 0 radical (unpaired) electrons. The van der Waals surface area contributed by atoms with Crippen LogP contribution in [0.3, 0.4) is 0 Å². The molecule has 2 aromatic rings. The van der Waals surface area contributed by atoms with Crippen molar-refractivity contribution in [3.05, 3.63) is 53.2 Å². The van der Waals surface area contributed by atoms with E-state index in [9.17, 15) is 0 Å². The van der Waals surface area contributed by atoms with Crippen LogP contribution in [0, 0.1) is 6.92 Å². The van der Waals surface area contributed by atoms with Crippen molar-refractivity contribution in [3.8, 4) is 11.3 Å². The van der Waals surface area contributed by atoms with E-state index in [0.717, 1.165) is 18.0 Å². The number of ether oxygens (including phenoxy) is 1. The summed E-state index contributed by atoms with van der Waals surface area (Å²) in [7, 11) is 0. The first-order valence-corrected chi connectivity index (χ1v) is 5.47. The van der Waals surface area contributed by atoms with Gasteiger partial charge in [0.25, 0.3) is 0 Å². The van der Waals surface area contributed by atoms with Crippen LogP contribution in [0.1, 0.15) is 16.8 Å². The van der Waals surface area contributed by atoms with Gasteiger partial charge in [0.2, 0.25) is 0 Å². The van der Waals surface area contributed by atoms with E-state index in [0.29, 0.717) is 6.61 Å². The van der Waals surface area contributed by atoms with E-state index < -0.39 is 0 Å². The number of benzene rings is 1. The number of fused-ring (bicyclic) bond motifs is 1. The van der Waals surface area contributed by atoms with Gasteiger partial charge in [-0.05, 0) is 18.6 Å². The van der Waals surface area contributed by atoms with Gasteiger partial charge in [0.05, 0.1) is 18.9 Å². The molecule has 1 aromatic heterocycles. The molecule has 1 aliphatic rings. The average molecular weight is 211 g/mol. The summed E-state index contributed by atoms with van der Waals surface area (Å²) >= 11 is 0. The molecule has 0 fully saturated rings. The number of aryl methyl sites for hydroxylation is 1. The first-order chi connectivity index (χ1) is 7.84. The molecule has 0 N–H and O–H groups in total. The van der Waals surface area contributed by atoms with E-state index in [4.69, 9.17) is 4.74 Å². The van der Waals surface area contributed by atoms with Crippen molar-refractivity contribution in [2.75, 3.05) is 0 Å². The van der Waals surface area contributed by atoms with E-state index >= 15 is 0 Å². The summed E-state index contributed by atoms with van der Waals surface area (Å²) in [4.78, 5) is 4.64. The maximum Gasteiger partial charge on any atom is 0.0742 e. The zero-order valence-corrected chi connectivity index (χ0v) is 9.23. The molecule has 0 bridgehead atoms. The summed E-state index contributed by atoms with van der Waals surface area (Å²) in [5.74, 6) is 0. The van der Waals surface area contributed by atoms with Crippen LogP contribution >= 0.6 is 0 Å². The number of hydrogen-bond acceptors (Lipinski definition) is 2. The van der Waals surface area contributed by atoms with Crippen molar-refractivity contribution < 1.29 is 4.74 Å². The normalized spacial score (nSPS) is 13.8. The van der Waals surface area contributed by atoms with Gasteiger partial charge >= 0.3 is 0 Å². The molecule has 16 heavy (non-hydrogen) atoms. The average Bonchev–Trinajstić information content (AvgIpc) is 2.79. The number of pyridine rings is 1.